The van der Waals surface area contributed by atoms with E-state index in [4.69, 9.17) is 5.11 Å². The highest BCUT2D eigenvalue weighted by Crippen LogP contribution is 2.22. The van der Waals surface area contributed by atoms with Gasteiger partial charge in [-0.25, -0.2) is 4.39 Å². The lowest BCUT2D eigenvalue weighted by atomic mass is 10.2. The van der Waals surface area contributed by atoms with Crippen LogP contribution in [0.4, 0.5) is 10.1 Å². The maximum atomic E-state index is 12.8. The zero-order valence-corrected chi connectivity index (χ0v) is 10.8. The standard InChI is InChI=1S/C12H17BrFNO/c13-11-9-10(14)5-6-12(11)15-7-3-1-2-4-8-16/h5-6,9,15-16H,1-4,7-8H2. The van der Waals surface area contributed by atoms with Crippen LogP contribution >= 0.6 is 15.9 Å². The summed E-state index contributed by atoms with van der Waals surface area (Å²) in [5.74, 6) is -0.236. The largest absolute Gasteiger partial charge is 0.396 e. The highest BCUT2D eigenvalue weighted by molar-refractivity contribution is 9.10. The minimum Gasteiger partial charge on any atom is -0.396 e. The number of anilines is 1. The lowest BCUT2D eigenvalue weighted by Gasteiger charge is -2.08. The first-order valence-corrected chi connectivity index (χ1v) is 6.33. The molecular formula is C12H17BrFNO. The second-order valence-electron chi connectivity index (χ2n) is 3.69. The van der Waals surface area contributed by atoms with Crippen LogP contribution in [0.5, 0.6) is 0 Å². The van der Waals surface area contributed by atoms with Crippen molar-refractivity contribution in [3.63, 3.8) is 0 Å². The number of aliphatic hydroxyl groups is 1. The molecule has 0 saturated heterocycles. The predicted octanol–water partition coefficient (Wildman–Crippen LogP) is 3.55. The van der Waals surface area contributed by atoms with Gasteiger partial charge in [0.1, 0.15) is 5.82 Å². The van der Waals surface area contributed by atoms with E-state index in [0.717, 1.165) is 42.4 Å². The lowest BCUT2D eigenvalue weighted by molar-refractivity contribution is 0.283. The Morgan fingerprint density at radius 2 is 1.94 bits per heavy atom. The minimum atomic E-state index is -0.236. The molecule has 0 atom stereocenters. The van der Waals surface area contributed by atoms with Crippen LogP contribution in [0.15, 0.2) is 22.7 Å². The highest BCUT2D eigenvalue weighted by Gasteiger charge is 2.00. The molecule has 16 heavy (non-hydrogen) atoms. The molecule has 90 valence electrons. The van der Waals surface area contributed by atoms with Gasteiger partial charge < -0.3 is 10.4 Å². The third-order valence-electron chi connectivity index (χ3n) is 2.33. The molecule has 0 aromatic heterocycles. The Labute approximate surface area is 104 Å². The van der Waals surface area contributed by atoms with Crippen LogP contribution in [0, 0.1) is 5.82 Å². The van der Waals surface area contributed by atoms with Crippen molar-refractivity contribution in [1.82, 2.24) is 0 Å². The van der Waals surface area contributed by atoms with E-state index >= 15 is 0 Å². The van der Waals surface area contributed by atoms with Crippen LogP contribution in [0.2, 0.25) is 0 Å². The summed E-state index contributed by atoms with van der Waals surface area (Å²) in [4.78, 5) is 0. The van der Waals surface area contributed by atoms with Crippen LogP contribution in [-0.2, 0) is 0 Å². The van der Waals surface area contributed by atoms with Gasteiger partial charge in [0.25, 0.3) is 0 Å². The molecule has 0 unspecified atom stereocenters. The molecule has 1 aromatic rings. The SMILES string of the molecule is OCCCCCCNc1ccc(F)cc1Br. The van der Waals surface area contributed by atoms with Gasteiger partial charge in [0.2, 0.25) is 0 Å². The topological polar surface area (TPSA) is 32.3 Å². The quantitative estimate of drug-likeness (QED) is 0.753. The van der Waals surface area contributed by atoms with Crippen LogP contribution < -0.4 is 5.32 Å². The van der Waals surface area contributed by atoms with E-state index in [1.165, 1.54) is 12.1 Å². The van der Waals surface area contributed by atoms with Crippen LogP contribution in [0.3, 0.4) is 0 Å². The summed E-state index contributed by atoms with van der Waals surface area (Å²) in [5.41, 5.74) is 0.920. The molecule has 0 fully saturated rings. The number of nitrogens with one attached hydrogen (secondary N) is 1. The molecule has 0 aliphatic heterocycles. The Morgan fingerprint density at radius 3 is 2.62 bits per heavy atom. The fraction of sp³-hybridized carbons (Fsp3) is 0.500. The third kappa shape index (κ3) is 4.94. The molecule has 2 N–H and O–H groups in total. The first kappa shape index (κ1) is 13.5. The van der Waals surface area contributed by atoms with Crippen molar-refractivity contribution in [3.8, 4) is 0 Å². The molecule has 0 spiro atoms. The molecule has 4 heteroatoms. The Bertz CT molecular complexity index is 320. The molecule has 0 saturated carbocycles. The Balaban J connectivity index is 2.21. The predicted molar refractivity (Wildman–Crippen MR) is 68.1 cm³/mol. The maximum Gasteiger partial charge on any atom is 0.124 e. The van der Waals surface area contributed by atoms with Gasteiger partial charge in [0.05, 0.1) is 0 Å². The molecule has 0 bridgehead atoms. The monoisotopic (exact) mass is 289 g/mol. The fourth-order valence-corrected chi connectivity index (χ4v) is 1.94. The van der Waals surface area contributed by atoms with Gasteiger partial charge in [-0.3, -0.25) is 0 Å². The summed E-state index contributed by atoms with van der Waals surface area (Å²) in [6.45, 7) is 1.15. The molecule has 0 amide bonds. The average molecular weight is 290 g/mol. The summed E-state index contributed by atoms with van der Waals surface area (Å²) in [6.07, 6.45) is 4.10. The number of rotatable bonds is 7. The van der Waals surface area contributed by atoms with Gasteiger partial charge in [-0.05, 0) is 47.0 Å². The van der Waals surface area contributed by atoms with Gasteiger partial charge >= 0.3 is 0 Å². The van der Waals surface area contributed by atoms with Gasteiger partial charge in [-0.2, -0.15) is 0 Å². The summed E-state index contributed by atoms with van der Waals surface area (Å²) in [6, 6.07) is 4.63. The van der Waals surface area contributed by atoms with Gasteiger partial charge in [-0.15, -0.1) is 0 Å². The molecule has 2 nitrogen and oxygen atoms in total. The average Bonchev–Trinajstić information content (AvgIpc) is 2.26. The van der Waals surface area contributed by atoms with Crippen LogP contribution in [0.1, 0.15) is 25.7 Å². The zero-order valence-electron chi connectivity index (χ0n) is 9.18. The van der Waals surface area contributed by atoms with E-state index < -0.39 is 0 Å². The Kier molecular flexibility index (Phi) is 6.42. The van der Waals surface area contributed by atoms with E-state index in [2.05, 4.69) is 21.2 Å². The summed E-state index contributed by atoms with van der Waals surface area (Å²) in [7, 11) is 0. The second-order valence-corrected chi connectivity index (χ2v) is 4.54. The number of hydrogen-bond donors (Lipinski definition) is 2. The highest BCUT2D eigenvalue weighted by atomic mass is 79.9. The molecule has 0 aliphatic carbocycles. The maximum absolute atomic E-state index is 12.8. The van der Waals surface area contributed by atoms with Crippen molar-refractivity contribution < 1.29 is 9.50 Å². The van der Waals surface area contributed by atoms with Crippen molar-refractivity contribution >= 4 is 21.6 Å². The van der Waals surface area contributed by atoms with Crippen molar-refractivity contribution in [1.29, 1.82) is 0 Å². The van der Waals surface area contributed by atoms with E-state index in [1.807, 2.05) is 0 Å². The second kappa shape index (κ2) is 7.63. The fourth-order valence-electron chi connectivity index (χ4n) is 1.45. The third-order valence-corrected chi connectivity index (χ3v) is 2.99. The van der Waals surface area contributed by atoms with Crippen LogP contribution in [-0.4, -0.2) is 18.3 Å². The normalized spacial score (nSPS) is 10.4. The molecule has 1 rings (SSSR count). The van der Waals surface area contributed by atoms with E-state index in [0.29, 0.717) is 0 Å². The van der Waals surface area contributed by atoms with E-state index in [-0.39, 0.29) is 12.4 Å². The number of benzene rings is 1. The van der Waals surface area contributed by atoms with Crippen molar-refractivity contribution in [2.45, 2.75) is 25.7 Å². The number of aliphatic hydroxyl groups excluding tert-OH is 1. The van der Waals surface area contributed by atoms with Gasteiger partial charge in [0.15, 0.2) is 0 Å². The smallest absolute Gasteiger partial charge is 0.124 e. The molecule has 0 radical (unpaired) electrons. The Hall–Kier alpha value is -0.610. The summed E-state index contributed by atoms with van der Waals surface area (Å²) >= 11 is 3.31. The van der Waals surface area contributed by atoms with E-state index in [1.54, 1.807) is 6.07 Å². The number of halogens is 2. The first-order chi connectivity index (χ1) is 7.74. The molecule has 0 aliphatic rings. The number of hydrogen-bond acceptors (Lipinski definition) is 2. The summed E-state index contributed by atoms with van der Waals surface area (Å²) < 4.78 is 13.5. The number of unbranched alkanes of at least 4 members (excludes halogenated alkanes) is 3. The van der Waals surface area contributed by atoms with E-state index in [9.17, 15) is 4.39 Å². The van der Waals surface area contributed by atoms with Crippen molar-refractivity contribution in [2.75, 3.05) is 18.5 Å². The molecular weight excluding hydrogens is 273 g/mol. The minimum absolute atomic E-state index is 0.236. The van der Waals surface area contributed by atoms with Gasteiger partial charge in [-0.1, -0.05) is 12.8 Å². The first-order valence-electron chi connectivity index (χ1n) is 5.54. The Morgan fingerprint density at radius 1 is 1.19 bits per heavy atom. The molecule has 0 heterocycles. The zero-order chi connectivity index (χ0) is 11.8. The summed E-state index contributed by atoms with van der Waals surface area (Å²) in [5, 5.41) is 11.8. The van der Waals surface area contributed by atoms with Crippen LogP contribution in [0.25, 0.3) is 0 Å². The van der Waals surface area contributed by atoms with Gasteiger partial charge in [0, 0.05) is 23.3 Å². The molecule has 1 aromatic carbocycles. The van der Waals surface area contributed by atoms with Crippen molar-refractivity contribution in [3.05, 3.63) is 28.5 Å². The van der Waals surface area contributed by atoms with Crippen molar-refractivity contribution in [2.24, 2.45) is 0 Å². The lowest BCUT2D eigenvalue weighted by Crippen LogP contribution is -2.02.